The lowest BCUT2D eigenvalue weighted by atomic mass is 10.2. The van der Waals surface area contributed by atoms with Gasteiger partial charge in [-0.3, -0.25) is 9.78 Å². The van der Waals surface area contributed by atoms with Crippen molar-refractivity contribution in [2.75, 3.05) is 0 Å². The number of carbonyl (C=O) groups excluding carboxylic acids is 1. The molecule has 1 amide bonds. The number of nitrogens with zero attached hydrogens (tertiary/aromatic N) is 1. The van der Waals surface area contributed by atoms with E-state index in [1.807, 2.05) is 25.1 Å². The van der Waals surface area contributed by atoms with Crippen molar-refractivity contribution in [2.45, 2.75) is 39.2 Å². The molecule has 1 unspecified atom stereocenters. The zero-order valence-corrected chi connectivity index (χ0v) is 9.36. The molecule has 0 fully saturated rings. The molecule has 0 aliphatic heterocycles. The molecule has 0 saturated heterocycles. The molecule has 82 valence electrons. The van der Waals surface area contributed by atoms with Crippen molar-refractivity contribution in [3.63, 3.8) is 0 Å². The van der Waals surface area contributed by atoms with Crippen LogP contribution in [0.25, 0.3) is 0 Å². The molecule has 0 bridgehead atoms. The van der Waals surface area contributed by atoms with E-state index in [1.165, 1.54) is 0 Å². The summed E-state index contributed by atoms with van der Waals surface area (Å²) >= 11 is 0. The van der Waals surface area contributed by atoms with Crippen LogP contribution >= 0.6 is 0 Å². The molecule has 0 aliphatic rings. The molecule has 0 spiro atoms. The fourth-order valence-electron chi connectivity index (χ4n) is 1.24. The number of hydrogen-bond acceptors (Lipinski definition) is 2. The van der Waals surface area contributed by atoms with Crippen LogP contribution in [-0.4, -0.2) is 16.9 Å². The molecule has 3 nitrogen and oxygen atoms in total. The Balaban J connectivity index is 2.29. The number of aromatic nitrogens is 1. The monoisotopic (exact) mass is 206 g/mol. The minimum Gasteiger partial charge on any atom is -0.354 e. The summed E-state index contributed by atoms with van der Waals surface area (Å²) in [5, 5.41) is 2.93. The van der Waals surface area contributed by atoms with Crippen LogP contribution in [0.1, 0.15) is 32.4 Å². The van der Waals surface area contributed by atoms with Gasteiger partial charge in [0.15, 0.2) is 0 Å². The number of rotatable bonds is 5. The predicted molar refractivity (Wildman–Crippen MR) is 60.5 cm³/mol. The van der Waals surface area contributed by atoms with Crippen molar-refractivity contribution in [3.05, 3.63) is 30.1 Å². The van der Waals surface area contributed by atoms with Gasteiger partial charge in [0.05, 0.1) is 0 Å². The van der Waals surface area contributed by atoms with Gasteiger partial charge in [-0.05, 0) is 31.9 Å². The van der Waals surface area contributed by atoms with E-state index < -0.39 is 0 Å². The first-order valence-electron chi connectivity index (χ1n) is 5.41. The third-order valence-corrected chi connectivity index (χ3v) is 2.35. The van der Waals surface area contributed by atoms with Crippen molar-refractivity contribution in [3.8, 4) is 0 Å². The summed E-state index contributed by atoms with van der Waals surface area (Å²) in [4.78, 5) is 15.6. The Kier molecular flexibility index (Phi) is 4.81. The van der Waals surface area contributed by atoms with Gasteiger partial charge in [0, 0.05) is 24.4 Å². The number of amides is 1. The highest BCUT2D eigenvalue weighted by molar-refractivity contribution is 5.76. The van der Waals surface area contributed by atoms with Crippen LogP contribution in [0.15, 0.2) is 24.4 Å². The predicted octanol–water partition coefficient (Wildman–Crippen LogP) is 1.93. The summed E-state index contributed by atoms with van der Waals surface area (Å²) in [6.07, 6.45) is 3.95. The standard InChI is InChI=1S/C12H18N2O/c1-3-10(2)14-12(15)8-7-11-6-4-5-9-13-11/h4-6,9-10H,3,7-8H2,1-2H3,(H,14,15). The van der Waals surface area contributed by atoms with E-state index in [4.69, 9.17) is 0 Å². The summed E-state index contributed by atoms with van der Waals surface area (Å²) in [5.41, 5.74) is 0.969. The summed E-state index contributed by atoms with van der Waals surface area (Å²) in [6, 6.07) is 6.02. The van der Waals surface area contributed by atoms with Crippen molar-refractivity contribution in [2.24, 2.45) is 0 Å². The van der Waals surface area contributed by atoms with Gasteiger partial charge in [-0.1, -0.05) is 13.0 Å². The van der Waals surface area contributed by atoms with Crippen molar-refractivity contribution in [1.82, 2.24) is 10.3 Å². The summed E-state index contributed by atoms with van der Waals surface area (Å²) < 4.78 is 0. The fraction of sp³-hybridized carbons (Fsp3) is 0.500. The summed E-state index contributed by atoms with van der Waals surface area (Å²) in [6.45, 7) is 4.07. The molecular weight excluding hydrogens is 188 g/mol. The smallest absolute Gasteiger partial charge is 0.220 e. The molecule has 1 rings (SSSR count). The van der Waals surface area contributed by atoms with Gasteiger partial charge >= 0.3 is 0 Å². The normalized spacial score (nSPS) is 12.1. The van der Waals surface area contributed by atoms with Gasteiger partial charge in [0.1, 0.15) is 0 Å². The molecule has 3 heteroatoms. The average Bonchev–Trinajstić information content (AvgIpc) is 2.27. The van der Waals surface area contributed by atoms with E-state index in [-0.39, 0.29) is 11.9 Å². The Labute approximate surface area is 90.9 Å². The molecule has 1 aromatic rings. The Bertz CT molecular complexity index is 298. The number of aryl methyl sites for hydroxylation is 1. The van der Waals surface area contributed by atoms with Crippen molar-refractivity contribution in [1.29, 1.82) is 0 Å². The maximum atomic E-state index is 11.4. The minimum atomic E-state index is 0.106. The maximum absolute atomic E-state index is 11.4. The topological polar surface area (TPSA) is 42.0 Å². The second-order valence-electron chi connectivity index (χ2n) is 3.70. The Morgan fingerprint density at radius 1 is 1.53 bits per heavy atom. The second-order valence-corrected chi connectivity index (χ2v) is 3.70. The zero-order valence-electron chi connectivity index (χ0n) is 9.36. The van der Waals surface area contributed by atoms with Crippen LogP contribution in [0, 0.1) is 0 Å². The highest BCUT2D eigenvalue weighted by Crippen LogP contribution is 1.99. The zero-order chi connectivity index (χ0) is 11.1. The lowest BCUT2D eigenvalue weighted by Crippen LogP contribution is -2.32. The number of hydrogen-bond donors (Lipinski definition) is 1. The average molecular weight is 206 g/mol. The van der Waals surface area contributed by atoms with Crippen LogP contribution in [-0.2, 0) is 11.2 Å². The quantitative estimate of drug-likeness (QED) is 0.799. The minimum absolute atomic E-state index is 0.106. The SMILES string of the molecule is CCC(C)NC(=O)CCc1ccccn1. The Hall–Kier alpha value is -1.38. The highest BCUT2D eigenvalue weighted by atomic mass is 16.1. The van der Waals surface area contributed by atoms with Crippen molar-refractivity contribution >= 4 is 5.91 Å². The van der Waals surface area contributed by atoms with E-state index in [9.17, 15) is 4.79 Å². The van der Waals surface area contributed by atoms with Gasteiger partial charge in [-0.2, -0.15) is 0 Å². The lowest BCUT2D eigenvalue weighted by molar-refractivity contribution is -0.121. The van der Waals surface area contributed by atoms with Crippen LogP contribution < -0.4 is 5.32 Å². The Morgan fingerprint density at radius 3 is 2.93 bits per heavy atom. The Morgan fingerprint density at radius 2 is 2.33 bits per heavy atom. The number of pyridine rings is 1. The van der Waals surface area contributed by atoms with E-state index in [0.29, 0.717) is 12.8 Å². The van der Waals surface area contributed by atoms with Gasteiger partial charge in [0.2, 0.25) is 5.91 Å². The van der Waals surface area contributed by atoms with Gasteiger partial charge in [-0.15, -0.1) is 0 Å². The maximum Gasteiger partial charge on any atom is 0.220 e. The van der Waals surface area contributed by atoms with E-state index >= 15 is 0 Å². The molecule has 1 N–H and O–H groups in total. The number of carbonyl (C=O) groups is 1. The second kappa shape index (κ2) is 6.17. The van der Waals surface area contributed by atoms with Gasteiger partial charge < -0.3 is 5.32 Å². The highest BCUT2D eigenvalue weighted by Gasteiger charge is 2.05. The lowest BCUT2D eigenvalue weighted by Gasteiger charge is -2.10. The molecule has 1 aromatic heterocycles. The largest absolute Gasteiger partial charge is 0.354 e. The number of nitrogens with one attached hydrogen (secondary N) is 1. The molecule has 1 atom stereocenters. The van der Waals surface area contributed by atoms with E-state index in [1.54, 1.807) is 6.20 Å². The van der Waals surface area contributed by atoms with Gasteiger partial charge in [0.25, 0.3) is 0 Å². The van der Waals surface area contributed by atoms with Crippen LogP contribution in [0.2, 0.25) is 0 Å². The molecule has 0 aliphatic carbocycles. The molecule has 0 radical (unpaired) electrons. The van der Waals surface area contributed by atoms with E-state index in [0.717, 1.165) is 12.1 Å². The third-order valence-electron chi connectivity index (χ3n) is 2.35. The molecule has 1 heterocycles. The molecule has 15 heavy (non-hydrogen) atoms. The third kappa shape index (κ3) is 4.58. The van der Waals surface area contributed by atoms with Gasteiger partial charge in [-0.25, -0.2) is 0 Å². The summed E-state index contributed by atoms with van der Waals surface area (Å²) in [7, 11) is 0. The van der Waals surface area contributed by atoms with Crippen LogP contribution in [0.4, 0.5) is 0 Å². The van der Waals surface area contributed by atoms with Crippen molar-refractivity contribution < 1.29 is 4.79 Å². The fourth-order valence-corrected chi connectivity index (χ4v) is 1.24. The first-order chi connectivity index (χ1) is 7.22. The molecule has 0 saturated carbocycles. The first-order valence-corrected chi connectivity index (χ1v) is 5.41. The van der Waals surface area contributed by atoms with Crippen LogP contribution in [0.5, 0.6) is 0 Å². The first kappa shape index (κ1) is 11.7. The summed E-state index contributed by atoms with van der Waals surface area (Å²) in [5.74, 6) is 0.106. The molecular formula is C12H18N2O. The molecule has 0 aromatic carbocycles. The van der Waals surface area contributed by atoms with Crippen LogP contribution in [0.3, 0.4) is 0 Å². The van der Waals surface area contributed by atoms with E-state index in [2.05, 4.69) is 17.2 Å².